The minimum Gasteiger partial charge on any atom is -0.508 e. The SMILES string of the molecule is CCC(C)C1NC(=O)C(Cc2ccc(O)cc2)NC(=O)C(N)CSSCCNC(=O)C(CC(N)=O)NC(=O)C(CCC(N)=O)NC1=O. The lowest BCUT2D eigenvalue weighted by Crippen LogP contribution is -2.60. The van der Waals surface area contributed by atoms with Crippen molar-refractivity contribution in [3.63, 3.8) is 0 Å². The zero-order valence-electron chi connectivity index (χ0n) is 26.3. The molecule has 0 radical (unpaired) electrons. The highest BCUT2D eigenvalue weighted by Gasteiger charge is 2.34. The van der Waals surface area contributed by atoms with Crippen LogP contribution in [0.5, 0.6) is 5.75 Å². The number of nitrogens with two attached hydrogens (primary N) is 3. The molecule has 6 atom stereocenters. The Balaban J connectivity index is 2.47. The molecule has 1 aliphatic rings. The molecule has 12 N–H and O–H groups in total. The summed E-state index contributed by atoms with van der Waals surface area (Å²) in [6.45, 7) is 3.62. The van der Waals surface area contributed by atoms with Crippen molar-refractivity contribution in [2.24, 2.45) is 23.1 Å². The van der Waals surface area contributed by atoms with E-state index in [1.807, 2.05) is 0 Å². The smallest absolute Gasteiger partial charge is 0.243 e. The molecule has 6 unspecified atom stereocenters. The van der Waals surface area contributed by atoms with Crippen LogP contribution in [0.4, 0.5) is 0 Å². The zero-order valence-corrected chi connectivity index (χ0v) is 27.9. The van der Waals surface area contributed by atoms with Gasteiger partial charge in [-0.05, 0) is 30.0 Å². The minimum absolute atomic E-state index is 0.00586. The summed E-state index contributed by atoms with van der Waals surface area (Å²) in [5, 5.41) is 22.6. The van der Waals surface area contributed by atoms with Crippen molar-refractivity contribution in [1.82, 2.24) is 26.6 Å². The van der Waals surface area contributed by atoms with Crippen LogP contribution in [-0.4, -0.2) is 94.7 Å². The lowest BCUT2D eigenvalue weighted by Gasteiger charge is -2.29. The standard InChI is InChI=1S/C29H44N8O8S2/c1-3-15(2)24-29(45)34-19(8-9-22(31)39)27(43)36-21(13-23(32)40)26(42)33-10-11-46-47-14-18(30)25(41)35-20(28(44)37-24)12-16-4-6-17(38)7-5-16/h4-7,15,18-21,24,38H,3,8-14,30H2,1-2H3,(H2,31,39)(H2,32,40)(H,33,42)(H,34,45)(H,35,41)(H,36,43)(H,37,44). The maximum atomic E-state index is 13.7. The van der Waals surface area contributed by atoms with Crippen molar-refractivity contribution in [1.29, 1.82) is 0 Å². The van der Waals surface area contributed by atoms with Gasteiger partial charge in [-0.25, -0.2) is 0 Å². The number of carbonyl (C=O) groups excluding carboxylic acids is 7. The van der Waals surface area contributed by atoms with Crippen molar-refractivity contribution in [3.8, 4) is 5.75 Å². The molecule has 1 fully saturated rings. The van der Waals surface area contributed by atoms with Gasteiger partial charge >= 0.3 is 0 Å². The van der Waals surface area contributed by atoms with Crippen LogP contribution in [0.15, 0.2) is 24.3 Å². The molecule has 2 rings (SSSR count). The van der Waals surface area contributed by atoms with E-state index in [9.17, 15) is 38.7 Å². The molecule has 16 nitrogen and oxygen atoms in total. The fourth-order valence-corrected chi connectivity index (χ4v) is 6.44. The lowest BCUT2D eigenvalue weighted by atomic mass is 9.96. The summed E-state index contributed by atoms with van der Waals surface area (Å²) < 4.78 is 0. The van der Waals surface area contributed by atoms with Crippen molar-refractivity contribution >= 4 is 62.9 Å². The van der Waals surface area contributed by atoms with E-state index in [1.165, 1.54) is 33.7 Å². The van der Waals surface area contributed by atoms with Crippen molar-refractivity contribution in [3.05, 3.63) is 29.8 Å². The van der Waals surface area contributed by atoms with Crippen molar-refractivity contribution in [2.75, 3.05) is 18.1 Å². The topological polar surface area (TPSA) is 278 Å². The fourth-order valence-electron chi connectivity index (χ4n) is 4.41. The van der Waals surface area contributed by atoms with E-state index < -0.39 is 83.9 Å². The molecule has 0 aromatic heterocycles. The van der Waals surface area contributed by atoms with Crippen LogP contribution in [0.25, 0.3) is 0 Å². The highest BCUT2D eigenvalue weighted by Crippen LogP contribution is 2.21. The van der Waals surface area contributed by atoms with Crippen LogP contribution in [0, 0.1) is 5.92 Å². The maximum absolute atomic E-state index is 13.7. The molecule has 0 aliphatic carbocycles. The summed E-state index contributed by atoms with van der Waals surface area (Å²) in [5.74, 6) is -5.18. The molecular formula is C29H44N8O8S2. The van der Waals surface area contributed by atoms with E-state index in [-0.39, 0.29) is 37.3 Å². The Labute approximate surface area is 280 Å². The van der Waals surface area contributed by atoms with E-state index >= 15 is 0 Å². The average Bonchev–Trinajstić information content (AvgIpc) is 3.02. The molecule has 47 heavy (non-hydrogen) atoms. The van der Waals surface area contributed by atoms with Crippen LogP contribution >= 0.6 is 21.6 Å². The number of nitrogens with one attached hydrogen (secondary N) is 5. The molecule has 7 amide bonds. The Morgan fingerprint density at radius 3 is 2.09 bits per heavy atom. The Morgan fingerprint density at radius 1 is 0.851 bits per heavy atom. The van der Waals surface area contributed by atoms with Gasteiger partial charge in [-0.3, -0.25) is 33.6 Å². The summed E-state index contributed by atoms with van der Waals surface area (Å²) in [6.07, 6.45) is -0.655. The molecular weight excluding hydrogens is 653 g/mol. The Kier molecular flexibility index (Phi) is 16.3. The molecule has 1 aromatic carbocycles. The van der Waals surface area contributed by atoms with E-state index in [4.69, 9.17) is 17.2 Å². The van der Waals surface area contributed by atoms with Crippen LogP contribution in [-0.2, 0) is 40.0 Å². The van der Waals surface area contributed by atoms with Crippen LogP contribution < -0.4 is 43.8 Å². The van der Waals surface area contributed by atoms with Gasteiger partial charge in [-0.1, -0.05) is 54.0 Å². The monoisotopic (exact) mass is 696 g/mol. The summed E-state index contributed by atoms with van der Waals surface area (Å²) >= 11 is 0. The molecule has 1 aromatic rings. The Bertz CT molecular complexity index is 1290. The quantitative estimate of drug-likeness (QED) is 0.126. The van der Waals surface area contributed by atoms with Gasteiger partial charge in [0.05, 0.1) is 12.5 Å². The van der Waals surface area contributed by atoms with Crippen LogP contribution in [0.2, 0.25) is 0 Å². The van der Waals surface area contributed by atoms with Crippen molar-refractivity contribution in [2.45, 2.75) is 76.2 Å². The number of phenols is 1. The number of hydrogen-bond donors (Lipinski definition) is 9. The first kappa shape index (κ1) is 39.1. The third-order valence-corrected chi connectivity index (χ3v) is 9.75. The maximum Gasteiger partial charge on any atom is 0.243 e. The highest BCUT2D eigenvalue weighted by molar-refractivity contribution is 8.76. The third kappa shape index (κ3) is 13.7. The van der Waals surface area contributed by atoms with E-state index in [0.29, 0.717) is 17.7 Å². The molecule has 18 heteroatoms. The van der Waals surface area contributed by atoms with E-state index in [0.717, 1.165) is 0 Å². The minimum atomic E-state index is -1.38. The molecule has 0 saturated carbocycles. The summed E-state index contributed by atoms with van der Waals surface area (Å²) in [4.78, 5) is 89.9. The molecule has 1 aliphatic heterocycles. The van der Waals surface area contributed by atoms with Gasteiger partial charge in [0.1, 0.15) is 29.9 Å². The highest BCUT2D eigenvalue weighted by atomic mass is 33.1. The van der Waals surface area contributed by atoms with Crippen LogP contribution in [0.3, 0.4) is 0 Å². The number of rotatable bonds is 9. The molecule has 0 spiro atoms. The second-order valence-corrected chi connectivity index (χ2v) is 13.7. The predicted octanol–water partition coefficient (Wildman–Crippen LogP) is -2.10. The summed E-state index contributed by atoms with van der Waals surface area (Å²) in [7, 11) is 2.58. The summed E-state index contributed by atoms with van der Waals surface area (Å²) in [5.41, 5.74) is 17.3. The Morgan fingerprint density at radius 2 is 1.47 bits per heavy atom. The number of amides is 7. The molecule has 1 saturated heterocycles. The number of phenolic OH excluding ortho intramolecular Hbond substituents is 1. The normalized spacial score (nSPS) is 24.8. The third-order valence-electron chi connectivity index (χ3n) is 7.31. The van der Waals surface area contributed by atoms with Gasteiger partial charge in [0.2, 0.25) is 41.4 Å². The second kappa shape index (κ2) is 19.6. The van der Waals surface area contributed by atoms with E-state index in [1.54, 1.807) is 26.0 Å². The first-order valence-electron chi connectivity index (χ1n) is 15.0. The van der Waals surface area contributed by atoms with Gasteiger partial charge < -0.3 is 48.9 Å². The first-order chi connectivity index (χ1) is 22.2. The van der Waals surface area contributed by atoms with Crippen molar-refractivity contribution < 1.29 is 38.7 Å². The average molecular weight is 697 g/mol. The number of aromatic hydroxyl groups is 1. The first-order valence-corrected chi connectivity index (χ1v) is 17.5. The van der Waals surface area contributed by atoms with Gasteiger partial charge in [0.15, 0.2) is 0 Å². The van der Waals surface area contributed by atoms with Gasteiger partial charge in [-0.2, -0.15) is 0 Å². The predicted molar refractivity (Wildman–Crippen MR) is 177 cm³/mol. The zero-order chi connectivity index (χ0) is 35.1. The molecule has 260 valence electrons. The number of benzene rings is 1. The van der Waals surface area contributed by atoms with E-state index in [2.05, 4.69) is 26.6 Å². The molecule has 1 heterocycles. The molecule has 0 bridgehead atoms. The lowest BCUT2D eigenvalue weighted by molar-refractivity contribution is -0.136. The largest absolute Gasteiger partial charge is 0.508 e. The van der Waals surface area contributed by atoms with Gasteiger partial charge in [-0.15, -0.1) is 0 Å². The number of primary amides is 2. The van der Waals surface area contributed by atoms with Crippen LogP contribution in [0.1, 0.15) is 45.1 Å². The fraction of sp³-hybridized carbons (Fsp3) is 0.552. The second-order valence-electron chi connectivity index (χ2n) is 11.1. The Hall–Kier alpha value is -4.03. The number of hydrogen-bond acceptors (Lipinski definition) is 11. The number of carbonyl (C=O) groups is 7. The summed E-state index contributed by atoms with van der Waals surface area (Å²) in [6, 6.07) is -0.0905. The van der Waals surface area contributed by atoms with Gasteiger partial charge in [0.25, 0.3) is 0 Å². The van der Waals surface area contributed by atoms with Gasteiger partial charge in [0, 0.05) is 30.9 Å².